The summed E-state index contributed by atoms with van der Waals surface area (Å²) in [6, 6.07) is -0.314. The van der Waals surface area contributed by atoms with Gasteiger partial charge in [0, 0.05) is 13.6 Å². The number of piperidine rings is 1. The molecule has 6 nitrogen and oxygen atoms in total. The molecular weight excluding hydrogens is 222 g/mol. The summed E-state index contributed by atoms with van der Waals surface area (Å²) in [4.78, 5) is 25.4. The highest BCUT2D eigenvalue weighted by Crippen LogP contribution is 2.14. The largest absolute Gasteiger partial charge is 0.480 e. The topological polar surface area (TPSA) is 72.9 Å². The molecule has 6 heteroatoms. The number of amides is 2. The van der Waals surface area contributed by atoms with Crippen molar-refractivity contribution in [1.29, 1.82) is 0 Å². The Morgan fingerprint density at radius 1 is 1.41 bits per heavy atom. The van der Waals surface area contributed by atoms with Gasteiger partial charge in [0.25, 0.3) is 0 Å². The van der Waals surface area contributed by atoms with Gasteiger partial charge in [-0.2, -0.15) is 0 Å². The van der Waals surface area contributed by atoms with E-state index >= 15 is 0 Å². The second kappa shape index (κ2) is 6.44. The van der Waals surface area contributed by atoms with Crippen LogP contribution < -0.4 is 5.32 Å². The summed E-state index contributed by atoms with van der Waals surface area (Å²) in [5.41, 5.74) is 0. The van der Waals surface area contributed by atoms with Crippen LogP contribution in [0, 0.1) is 5.92 Å². The highest BCUT2D eigenvalue weighted by Gasteiger charge is 2.18. The number of carboxylic acids is 1. The van der Waals surface area contributed by atoms with E-state index in [-0.39, 0.29) is 12.6 Å². The lowest BCUT2D eigenvalue weighted by Crippen LogP contribution is -2.43. The fourth-order valence-electron chi connectivity index (χ4n) is 1.91. The maximum Gasteiger partial charge on any atom is 0.323 e. The van der Waals surface area contributed by atoms with E-state index in [0.29, 0.717) is 12.5 Å². The van der Waals surface area contributed by atoms with Gasteiger partial charge < -0.3 is 20.2 Å². The third kappa shape index (κ3) is 5.04. The Balaban J connectivity index is 2.21. The predicted octanol–water partition coefficient (Wildman–Crippen LogP) is 0.0542. The molecule has 1 aliphatic heterocycles. The lowest BCUT2D eigenvalue weighted by Gasteiger charge is -2.29. The first-order chi connectivity index (χ1) is 7.99. The van der Waals surface area contributed by atoms with Crippen molar-refractivity contribution < 1.29 is 14.7 Å². The number of nitrogens with one attached hydrogen (secondary N) is 1. The van der Waals surface area contributed by atoms with Crippen LogP contribution in [0.3, 0.4) is 0 Å². The van der Waals surface area contributed by atoms with Crippen LogP contribution in [0.4, 0.5) is 4.79 Å². The van der Waals surface area contributed by atoms with Gasteiger partial charge in [0.2, 0.25) is 0 Å². The molecule has 0 saturated carbocycles. The molecule has 17 heavy (non-hydrogen) atoms. The molecule has 1 fully saturated rings. The van der Waals surface area contributed by atoms with E-state index in [1.807, 2.05) is 0 Å². The summed E-state index contributed by atoms with van der Waals surface area (Å²) in [5.74, 6) is -0.490. The minimum absolute atomic E-state index is 0.265. The number of nitrogens with zero attached hydrogens (tertiary/aromatic N) is 2. The van der Waals surface area contributed by atoms with Crippen LogP contribution in [0.5, 0.6) is 0 Å². The van der Waals surface area contributed by atoms with Gasteiger partial charge in [-0.3, -0.25) is 4.79 Å². The first kappa shape index (κ1) is 13.8. The zero-order chi connectivity index (χ0) is 12.8. The number of rotatable bonds is 4. The number of urea groups is 1. The lowest BCUT2D eigenvalue weighted by molar-refractivity contribution is -0.137. The fourth-order valence-corrected chi connectivity index (χ4v) is 1.91. The van der Waals surface area contributed by atoms with Crippen molar-refractivity contribution in [3.05, 3.63) is 0 Å². The molecule has 1 rings (SSSR count). The molecule has 0 aromatic heterocycles. The average molecular weight is 243 g/mol. The van der Waals surface area contributed by atoms with Crippen LogP contribution >= 0.6 is 0 Å². The third-order valence-corrected chi connectivity index (χ3v) is 3.10. The Morgan fingerprint density at radius 3 is 2.53 bits per heavy atom. The van der Waals surface area contributed by atoms with Crippen LogP contribution in [0.25, 0.3) is 0 Å². The SMILES string of the molecule is CN1CCC(CNC(=O)N(C)CC(=O)O)CC1. The maximum atomic E-state index is 11.5. The Labute approximate surface area is 102 Å². The highest BCUT2D eigenvalue weighted by atomic mass is 16.4. The summed E-state index contributed by atoms with van der Waals surface area (Å²) in [7, 11) is 3.58. The fraction of sp³-hybridized carbons (Fsp3) is 0.818. The molecule has 2 N–H and O–H groups in total. The van der Waals surface area contributed by atoms with Crippen molar-refractivity contribution in [2.75, 3.05) is 40.3 Å². The van der Waals surface area contributed by atoms with E-state index in [1.54, 1.807) is 0 Å². The number of hydrogen-bond acceptors (Lipinski definition) is 3. The van der Waals surface area contributed by atoms with E-state index in [2.05, 4.69) is 17.3 Å². The van der Waals surface area contributed by atoms with E-state index in [1.165, 1.54) is 11.9 Å². The normalized spacial score (nSPS) is 17.8. The first-order valence-corrected chi connectivity index (χ1v) is 5.88. The van der Waals surface area contributed by atoms with Gasteiger partial charge in [-0.1, -0.05) is 0 Å². The van der Waals surface area contributed by atoms with Crippen LogP contribution in [0.2, 0.25) is 0 Å². The maximum absolute atomic E-state index is 11.5. The van der Waals surface area contributed by atoms with E-state index in [0.717, 1.165) is 25.9 Å². The zero-order valence-corrected chi connectivity index (χ0v) is 10.5. The molecule has 0 aromatic carbocycles. The minimum Gasteiger partial charge on any atom is -0.480 e. The van der Waals surface area contributed by atoms with Crippen LogP contribution in [-0.2, 0) is 4.79 Å². The predicted molar refractivity (Wildman–Crippen MR) is 63.9 cm³/mol. The second-order valence-electron chi connectivity index (χ2n) is 4.68. The molecule has 1 aliphatic rings. The Morgan fingerprint density at radius 2 is 2.00 bits per heavy atom. The van der Waals surface area contributed by atoms with Crippen molar-refractivity contribution >= 4 is 12.0 Å². The first-order valence-electron chi connectivity index (χ1n) is 5.88. The number of carboxylic acid groups (broad SMARTS) is 1. The van der Waals surface area contributed by atoms with Gasteiger partial charge in [-0.25, -0.2) is 4.79 Å². The Bertz CT molecular complexity index is 275. The Hall–Kier alpha value is -1.30. The third-order valence-electron chi connectivity index (χ3n) is 3.10. The van der Waals surface area contributed by atoms with Crippen LogP contribution in [0.1, 0.15) is 12.8 Å². The zero-order valence-electron chi connectivity index (χ0n) is 10.5. The molecule has 0 aliphatic carbocycles. The molecule has 1 heterocycles. The van der Waals surface area contributed by atoms with Crippen molar-refractivity contribution in [3.8, 4) is 0 Å². The molecule has 0 spiro atoms. The standard InChI is InChI=1S/C11H21N3O3/c1-13-5-3-9(4-6-13)7-12-11(17)14(2)8-10(15)16/h9H,3-8H2,1-2H3,(H,12,17)(H,15,16). The highest BCUT2D eigenvalue weighted by molar-refractivity contribution is 5.79. The number of likely N-dealkylation sites (N-methyl/N-ethyl adjacent to an activating group) is 1. The van der Waals surface area contributed by atoms with Crippen LogP contribution in [-0.4, -0.2) is 67.2 Å². The number of carbonyl (C=O) groups excluding carboxylic acids is 1. The van der Waals surface area contributed by atoms with Crippen molar-refractivity contribution in [2.45, 2.75) is 12.8 Å². The van der Waals surface area contributed by atoms with E-state index < -0.39 is 5.97 Å². The van der Waals surface area contributed by atoms with E-state index in [4.69, 9.17) is 5.11 Å². The van der Waals surface area contributed by atoms with Crippen LogP contribution in [0.15, 0.2) is 0 Å². The summed E-state index contributed by atoms with van der Waals surface area (Å²) < 4.78 is 0. The lowest BCUT2D eigenvalue weighted by atomic mass is 9.97. The molecule has 0 atom stereocenters. The van der Waals surface area contributed by atoms with Crippen molar-refractivity contribution in [3.63, 3.8) is 0 Å². The van der Waals surface area contributed by atoms with Gasteiger partial charge in [0.1, 0.15) is 6.54 Å². The molecule has 0 unspecified atom stereocenters. The molecular formula is C11H21N3O3. The second-order valence-corrected chi connectivity index (χ2v) is 4.68. The molecule has 1 saturated heterocycles. The van der Waals surface area contributed by atoms with Gasteiger partial charge in [0.15, 0.2) is 0 Å². The van der Waals surface area contributed by atoms with Gasteiger partial charge in [0.05, 0.1) is 0 Å². The molecule has 2 amide bonds. The summed E-state index contributed by atoms with van der Waals surface area (Å²) in [5, 5.41) is 11.3. The quantitative estimate of drug-likeness (QED) is 0.732. The van der Waals surface area contributed by atoms with Gasteiger partial charge >= 0.3 is 12.0 Å². The summed E-state index contributed by atoms with van der Waals surface area (Å²) in [6.45, 7) is 2.49. The van der Waals surface area contributed by atoms with E-state index in [9.17, 15) is 9.59 Å². The number of carbonyl (C=O) groups is 2. The smallest absolute Gasteiger partial charge is 0.323 e. The average Bonchev–Trinajstić information content (AvgIpc) is 2.27. The summed E-state index contributed by atoms with van der Waals surface area (Å²) in [6.07, 6.45) is 2.17. The monoisotopic (exact) mass is 243 g/mol. The number of hydrogen-bond donors (Lipinski definition) is 2. The molecule has 0 radical (unpaired) electrons. The minimum atomic E-state index is -0.998. The van der Waals surface area contributed by atoms with Gasteiger partial charge in [-0.05, 0) is 38.9 Å². The molecule has 0 aromatic rings. The number of aliphatic carboxylic acids is 1. The number of likely N-dealkylation sites (tertiary alicyclic amines) is 1. The Kier molecular flexibility index (Phi) is 5.21. The summed E-state index contributed by atoms with van der Waals surface area (Å²) >= 11 is 0. The van der Waals surface area contributed by atoms with Crippen molar-refractivity contribution in [2.24, 2.45) is 5.92 Å². The molecule has 98 valence electrons. The van der Waals surface area contributed by atoms with Gasteiger partial charge in [-0.15, -0.1) is 0 Å². The molecule has 0 bridgehead atoms. The van der Waals surface area contributed by atoms with Crippen molar-refractivity contribution in [1.82, 2.24) is 15.1 Å².